The normalized spacial score (nSPS) is 20.8. The Morgan fingerprint density at radius 2 is 1.87 bits per heavy atom. The number of hydrogen-bond acceptors (Lipinski definition) is 4. The van der Waals surface area contributed by atoms with Gasteiger partial charge in [0.15, 0.2) is 5.96 Å². The van der Waals surface area contributed by atoms with E-state index in [-0.39, 0.29) is 0 Å². The molecular weight excluding hydrogens is 374 g/mol. The van der Waals surface area contributed by atoms with Gasteiger partial charge in [-0.15, -0.1) is 0 Å². The Hall–Kier alpha value is -1.63. The van der Waals surface area contributed by atoms with Crippen molar-refractivity contribution in [3.05, 3.63) is 35.4 Å². The van der Waals surface area contributed by atoms with Gasteiger partial charge in [0.1, 0.15) is 0 Å². The predicted molar refractivity (Wildman–Crippen MR) is 125 cm³/mol. The first-order valence-corrected chi connectivity index (χ1v) is 11.8. The number of nitrogens with zero attached hydrogens (tertiary/aromatic N) is 3. The van der Waals surface area contributed by atoms with Gasteiger partial charge in [0.25, 0.3) is 0 Å². The van der Waals surface area contributed by atoms with Gasteiger partial charge in [0.2, 0.25) is 0 Å². The molecule has 6 heteroatoms. The summed E-state index contributed by atoms with van der Waals surface area (Å²) < 4.78 is 5.45. The quantitative estimate of drug-likeness (QED) is 0.505. The van der Waals surface area contributed by atoms with E-state index < -0.39 is 0 Å². The fourth-order valence-electron chi connectivity index (χ4n) is 4.31. The lowest BCUT2D eigenvalue weighted by Gasteiger charge is -2.33. The maximum Gasteiger partial charge on any atom is 0.191 e. The lowest BCUT2D eigenvalue weighted by Crippen LogP contribution is -2.48. The van der Waals surface area contributed by atoms with Crippen LogP contribution in [0.2, 0.25) is 0 Å². The second kappa shape index (κ2) is 12.3. The van der Waals surface area contributed by atoms with Gasteiger partial charge in [-0.05, 0) is 43.7 Å². The summed E-state index contributed by atoms with van der Waals surface area (Å²) in [6.07, 6.45) is 2.33. The molecule has 2 fully saturated rings. The fourth-order valence-corrected chi connectivity index (χ4v) is 4.31. The molecule has 168 valence electrons. The molecule has 0 aliphatic carbocycles. The van der Waals surface area contributed by atoms with E-state index in [9.17, 15) is 0 Å². The summed E-state index contributed by atoms with van der Waals surface area (Å²) in [6, 6.07) is 9.25. The molecule has 2 aliphatic rings. The van der Waals surface area contributed by atoms with Crippen molar-refractivity contribution in [1.29, 1.82) is 0 Å². The van der Waals surface area contributed by atoms with E-state index >= 15 is 0 Å². The second-order valence-electron chi connectivity index (χ2n) is 8.86. The van der Waals surface area contributed by atoms with E-state index in [0.717, 1.165) is 71.5 Å². The molecule has 1 aromatic rings. The Balaban J connectivity index is 1.42. The van der Waals surface area contributed by atoms with Crippen molar-refractivity contribution in [2.24, 2.45) is 10.9 Å². The van der Waals surface area contributed by atoms with Crippen molar-refractivity contribution in [2.45, 2.75) is 46.2 Å². The largest absolute Gasteiger partial charge is 0.379 e. The van der Waals surface area contributed by atoms with Crippen LogP contribution < -0.4 is 10.6 Å². The van der Waals surface area contributed by atoms with Crippen molar-refractivity contribution in [3.8, 4) is 0 Å². The number of guanidine groups is 1. The third-order valence-electron chi connectivity index (χ3n) is 6.16. The molecule has 30 heavy (non-hydrogen) atoms. The van der Waals surface area contributed by atoms with Gasteiger partial charge >= 0.3 is 0 Å². The highest BCUT2D eigenvalue weighted by Gasteiger charge is 2.20. The Kier molecular flexibility index (Phi) is 9.43. The monoisotopic (exact) mass is 415 g/mol. The minimum atomic E-state index is 0.505. The van der Waals surface area contributed by atoms with Crippen LogP contribution in [0.1, 0.15) is 37.8 Å². The van der Waals surface area contributed by atoms with Gasteiger partial charge in [-0.1, -0.05) is 31.2 Å². The predicted octanol–water partition coefficient (Wildman–Crippen LogP) is 2.48. The molecule has 2 aliphatic heterocycles. The second-order valence-corrected chi connectivity index (χ2v) is 8.86. The Morgan fingerprint density at radius 1 is 1.13 bits per heavy atom. The molecule has 2 N–H and O–H groups in total. The van der Waals surface area contributed by atoms with Crippen molar-refractivity contribution >= 4 is 5.96 Å². The summed E-state index contributed by atoms with van der Waals surface area (Å²) >= 11 is 0. The zero-order valence-corrected chi connectivity index (χ0v) is 19.2. The molecule has 0 bridgehead atoms. The average molecular weight is 416 g/mol. The number of morpholine rings is 1. The number of nitrogens with one attached hydrogen (secondary N) is 2. The number of likely N-dealkylation sites (tertiary alicyclic amines) is 1. The summed E-state index contributed by atoms with van der Waals surface area (Å²) in [6.45, 7) is 16.7. The summed E-state index contributed by atoms with van der Waals surface area (Å²) in [5.41, 5.74) is 2.85. The molecule has 2 heterocycles. The zero-order chi connectivity index (χ0) is 21.2. The van der Waals surface area contributed by atoms with E-state index in [2.05, 4.69) is 65.5 Å². The van der Waals surface area contributed by atoms with E-state index in [4.69, 9.17) is 9.73 Å². The van der Waals surface area contributed by atoms with Crippen molar-refractivity contribution in [3.63, 3.8) is 0 Å². The molecule has 1 aromatic carbocycles. The van der Waals surface area contributed by atoms with E-state index in [1.165, 1.54) is 24.0 Å². The smallest absolute Gasteiger partial charge is 0.191 e. The topological polar surface area (TPSA) is 52.1 Å². The van der Waals surface area contributed by atoms with Gasteiger partial charge in [-0.3, -0.25) is 14.8 Å². The highest BCUT2D eigenvalue weighted by Crippen LogP contribution is 2.16. The van der Waals surface area contributed by atoms with E-state index in [1.54, 1.807) is 0 Å². The third-order valence-corrected chi connectivity index (χ3v) is 6.16. The van der Waals surface area contributed by atoms with Crippen LogP contribution in [-0.4, -0.2) is 80.8 Å². The maximum absolute atomic E-state index is 5.45. The van der Waals surface area contributed by atoms with Gasteiger partial charge < -0.3 is 15.4 Å². The molecule has 3 rings (SSSR count). The van der Waals surface area contributed by atoms with Crippen LogP contribution >= 0.6 is 0 Å². The van der Waals surface area contributed by atoms with Crippen molar-refractivity contribution in [1.82, 2.24) is 20.4 Å². The van der Waals surface area contributed by atoms with Crippen LogP contribution in [-0.2, 0) is 11.3 Å². The number of piperidine rings is 1. The number of benzene rings is 1. The summed E-state index contributed by atoms with van der Waals surface area (Å²) in [7, 11) is 0. The van der Waals surface area contributed by atoms with Crippen molar-refractivity contribution < 1.29 is 4.74 Å². The molecule has 0 amide bonds. The van der Waals surface area contributed by atoms with Crippen LogP contribution in [0.25, 0.3) is 0 Å². The first kappa shape index (κ1) is 23.0. The Morgan fingerprint density at radius 3 is 2.57 bits per heavy atom. The van der Waals surface area contributed by atoms with Gasteiger partial charge in [0.05, 0.1) is 13.2 Å². The summed E-state index contributed by atoms with van der Waals surface area (Å²) in [5, 5.41) is 7.13. The van der Waals surface area contributed by atoms with Gasteiger partial charge in [0, 0.05) is 58.4 Å². The first-order valence-electron chi connectivity index (χ1n) is 11.8. The third kappa shape index (κ3) is 7.56. The Labute approximate surface area is 183 Å². The number of aryl methyl sites for hydroxylation is 1. The molecule has 0 spiro atoms. The maximum atomic E-state index is 5.45. The number of hydrogen-bond donors (Lipinski definition) is 2. The minimum absolute atomic E-state index is 0.505. The Bertz CT molecular complexity index is 651. The SMILES string of the molecule is CCNC(=NCC(C)CN1CCOCC1)NC1CCN(Cc2ccccc2C)CC1. The standard InChI is InChI=1S/C24H41N5O/c1-4-25-24(26-17-20(2)18-29-13-15-30-16-14-29)27-23-9-11-28(12-10-23)19-22-8-6-5-7-21(22)3/h5-8,20,23H,4,9-19H2,1-3H3,(H2,25,26,27). The van der Waals surface area contributed by atoms with Crippen molar-refractivity contribution in [2.75, 3.05) is 59.0 Å². The van der Waals surface area contributed by atoms with Gasteiger partial charge in [-0.2, -0.15) is 0 Å². The highest BCUT2D eigenvalue weighted by atomic mass is 16.5. The van der Waals surface area contributed by atoms with Crippen LogP contribution in [0.5, 0.6) is 0 Å². The first-order chi connectivity index (χ1) is 14.6. The fraction of sp³-hybridized carbons (Fsp3) is 0.708. The lowest BCUT2D eigenvalue weighted by molar-refractivity contribution is 0.0323. The van der Waals surface area contributed by atoms with Gasteiger partial charge in [-0.25, -0.2) is 0 Å². The van der Waals surface area contributed by atoms with Crippen LogP contribution in [0.4, 0.5) is 0 Å². The average Bonchev–Trinajstić information content (AvgIpc) is 2.76. The van der Waals surface area contributed by atoms with Crippen LogP contribution in [0.15, 0.2) is 29.3 Å². The lowest BCUT2D eigenvalue weighted by atomic mass is 10.0. The molecule has 0 aromatic heterocycles. The number of aliphatic imine (C=N–C) groups is 1. The van der Waals surface area contributed by atoms with Crippen LogP contribution in [0, 0.1) is 12.8 Å². The number of rotatable bonds is 8. The summed E-state index contributed by atoms with van der Waals surface area (Å²) in [5.74, 6) is 1.53. The van der Waals surface area contributed by atoms with E-state index in [1.807, 2.05) is 0 Å². The molecule has 1 unspecified atom stereocenters. The number of ether oxygens (including phenoxy) is 1. The summed E-state index contributed by atoms with van der Waals surface area (Å²) in [4.78, 5) is 9.97. The molecule has 2 saturated heterocycles. The highest BCUT2D eigenvalue weighted by molar-refractivity contribution is 5.80. The zero-order valence-electron chi connectivity index (χ0n) is 19.2. The molecule has 1 atom stereocenters. The molecule has 0 saturated carbocycles. The minimum Gasteiger partial charge on any atom is -0.379 e. The molecule has 0 radical (unpaired) electrons. The van der Waals surface area contributed by atoms with E-state index in [0.29, 0.717) is 12.0 Å². The molecule has 6 nitrogen and oxygen atoms in total. The molecular formula is C24H41N5O. The van der Waals surface area contributed by atoms with Crippen LogP contribution in [0.3, 0.4) is 0 Å².